The van der Waals surface area contributed by atoms with Crippen molar-refractivity contribution in [1.82, 2.24) is 15.3 Å². The first kappa shape index (κ1) is 25.0. The van der Waals surface area contributed by atoms with Crippen molar-refractivity contribution in [3.05, 3.63) is 65.7 Å². The number of hydrogen-bond acceptors (Lipinski definition) is 6. The van der Waals surface area contributed by atoms with Crippen LogP contribution in [-0.2, 0) is 9.47 Å². The number of aromatic nitrogens is 2. The van der Waals surface area contributed by atoms with Crippen molar-refractivity contribution in [1.29, 1.82) is 0 Å². The molecule has 1 saturated carbocycles. The number of nitrogens with one attached hydrogen (secondary N) is 1. The van der Waals surface area contributed by atoms with Gasteiger partial charge in [-0.2, -0.15) is 0 Å². The molecule has 0 radical (unpaired) electrons. The number of pyridine rings is 2. The van der Waals surface area contributed by atoms with Crippen LogP contribution < -0.4 is 10.1 Å². The molecule has 1 aromatic carbocycles. The van der Waals surface area contributed by atoms with E-state index in [9.17, 15) is 9.18 Å². The second-order valence-corrected chi connectivity index (χ2v) is 8.91. The van der Waals surface area contributed by atoms with Crippen LogP contribution in [0.1, 0.15) is 47.5 Å². The molecular formula is C27H32FN3O4. The highest BCUT2D eigenvalue weighted by Crippen LogP contribution is 2.39. The van der Waals surface area contributed by atoms with Gasteiger partial charge in [0.1, 0.15) is 5.82 Å². The lowest BCUT2D eigenvalue weighted by Crippen LogP contribution is -2.44. The average molecular weight is 482 g/mol. The predicted octanol–water partition coefficient (Wildman–Crippen LogP) is 4.51. The molecule has 2 aromatic heterocycles. The maximum absolute atomic E-state index is 13.9. The van der Waals surface area contributed by atoms with E-state index in [1.165, 1.54) is 19.4 Å². The fraction of sp³-hybridized carbons (Fsp3) is 0.444. The quantitative estimate of drug-likeness (QED) is 0.429. The summed E-state index contributed by atoms with van der Waals surface area (Å²) in [6.45, 7) is 1.38. The van der Waals surface area contributed by atoms with Crippen LogP contribution in [0.5, 0.6) is 5.88 Å². The van der Waals surface area contributed by atoms with Crippen LogP contribution in [0.15, 0.2) is 48.8 Å². The third-order valence-electron chi connectivity index (χ3n) is 6.77. The molecule has 8 heteroatoms. The summed E-state index contributed by atoms with van der Waals surface area (Å²) in [7, 11) is 3.17. The maximum Gasteiger partial charge on any atom is 0.253 e. The van der Waals surface area contributed by atoms with Crippen LogP contribution in [-0.4, -0.2) is 56.0 Å². The molecular weight excluding hydrogens is 449 g/mol. The Labute approximate surface area is 205 Å². The molecule has 1 amide bonds. The van der Waals surface area contributed by atoms with E-state index in [1.54, 1.807) is 37.6 Å². The maximum atomic E-state index is 13.9. The highest BCUT2D eigenvalue weighted by atomic mass is 19.1. The molecule has 2 heterocycles. The third kappa shape index (κ3) is 6.32. The zero-order chi connectivity index (χ0) is 24.6. The largest absolute Gasteiger partial charge is 0.481 e. The van der Waals surface area contributed by atoms with Gasteiger partial charge in [-0.25, -0.2) is 9.37 Å². The first-order valence-corrected chi connectivity index (χ1v) is 12.0. The Balaban J connectivity index is 1.43. The first-order valence-electron chi connectivity index (χ1n) is 12.0. The van der Waals surface area contributed by atoms with Gasteiger partial charge < -0.3 is 19.5 Å². The SMILES string of the molecule is COCCOC[C@H](NC(=O)c1ccc(OC)nc1)C1CCC(c2ccnc3ccc(F)cc23)CC1. The summed E-state index contributed by atoms with van der Waals surface area (Å²) in [6, 6.07) is 10.0. The third-order valence-corrected chi connectivity index (χ3v) is 6.77. The van der Waals surface area contributed by atoms with Crippen LogP contribution >= 0.6 is 0 Å². The summed E-state index contributed by atoms with van der Waals surface area (Å²) in [5.41, 5.74) is 2.44. The van der Waals surface area contributed by atoms with E-state index in [0.717, 1.165) is 42.1 Å². The lowest BCUT2D eigenvalue weighted by Gasteiger charge is -2.34. The molecule has 0 saturated heterocycles. The molecule has 4 rings (SSSR count). The molecule has 0 unspecified atom stereocenters. The van der Waals surface area contributed by atoms with Gasteiger partial charge in [-0.1, -0.05) is 0 Å². The van der Waals surface area contributed by atoms with Crippen molar-refractivity contribution < 1.29 is 23.4 Å². The molecule has 1 atom stereocenters. The van der Waals surface area contributed by atoms with Gasteiger partial charge in [0.15, 0.2) is 0 Å². The lowest BCUT2D eigenvalue weighted by atomic mass is 9.75. The number of rotatable bonds is 10. The van der Waals surface area contributed by atoms with Crippen LogP contribution in [0.4, 0.5) is 4.39 Å². The zero-order valence-corrected chi connectivity index (χ0v) is 20.2. The Morgan fingerprint density at radius 1 is 1.09 bits per heavy atom. The summed E-state index contributed by atoms with van der Waals surface area (Å²) < 4.78 is 29.9. The van der Waals surface area contributed by atoms with Crippen LogP contribution in [0.25, 0.3) is 10.9 Å². The summed E-state index contributed by atoms with van der Waals surface area (Å²) in [4.78, 5) is 21.5. The van der Waals surface area contributed by atoms with E-state index < -0.39 is 0 Å². The van der Waals surface area contributed by atoms with Crippen molar-refractivity contribution in [2.45, 2.75) is 37.6 Å². The number of carbonyl (C=O) groups is 1. The van der Waals surface area contributed by atoms with Crippen molar-refractivity contribution in [2.75, 3.05) is 34.0 Å². The Morgan fingerprint density at radius 3 is 2.63 bits per heavy atom. The van der Waals surface area contributed by atoms with Gasteiger partial charge >= 0.3 is 0 Å². The Hall–Kier alpha value is -3.10. The highest BCUT2D eigenvalue weighted by Gasteiger charge is 2.30. The second kappa shape index (κ2) is 12.0. The molecule has 0 bridgehead atoms. The number of benzene rings is 1. The fourth-order valence-electron chi connectivity index (χ4n) is 4.86. The minimum atomic E-state index is -0.246. The molecule has 3 aromatic rings. The zero-order valence-electron chi connectivity index (χ0n) is 20.2. The smallest absolute Gasteiger partial charge is 0.253 e. The van der Waals surface area contributed by atoms with Gasteiger partial charge in [-0.05, 0) is 73.4 Å². The normalized spacial score (nSPS) is 18.8. The molecule has 1 aliphatic carbocycles. The van der Waals surface area contributed by atoms with Gasteiger partial charge in [0.2, 0.25) is 5.88 Å². The van der Waals surface area contributed by atoms with E-state index in [2.05, 4.69) is 15.3 Å². The number of ether oxygens (including phenoxy) is 3. The van der Waals surface area contributed by atoms with Gasteiger partial charge in [-0.15, -0.1) is 0 Å². The van der Waals surface area contributed by atoms with Crippen molar-refractivity contribution >= 4 is 16.8 Å². The number of halogens is 1. The molecule has 1 aliphatic rings. The Bertz CT molecular complexity index is 1120. The number of methoxy groups -OCH3 is 2. The van der Waals surface area contributed by atoms with Gasteiger partial charge in [0, 0.05) is 31.0 Å². The average Bonchev–Trinajstić information content (AvgIpc) is 2.90. The summed E-state index contributed by atoms with van der Waals surface area (Å²) in [5.74, 6) is 0.634. The number of nitrogens with zero attached hydrogens (tertiary/aromatic N) is 2. The Kier molecular flexibility index (Phi) is 8.60. The number of hydrogen-bond donors (Lipinski definition) is 1. The number of fused-ring (bicyclic) bond motifs is 1. The molecule has 1 fully saturated rings. The minimum absolute atomic E-state index is 0.131. The van der Waals surface area contributed by atoms with Crippen molar-refractivity contribution in [3.8, 4) is 5.88 Å². The molecule has 35 heavy (non-hydrogen) atoms. The molecule has 0 spiro atoms. The molecule has 7 nitrogen and oxygen atoms in total. The van der Waals surface area contributed by atoms with E-state index in [1.807, 2.05) is 6.07 Å². The lowest BCUT2D eigenvalue weighted by molar-refractivity contribution is 0.0422. The van der Waals surface area contributed by atoms with Gasteiger partial charge in [0.25, 0.3) is 5.91 Å². The second-order valence-electron chi connectivity index (χ2n) is 8.91. The summed E-state index contributed by atoms with van der Waals surface area (Å²) >= 11 is 0. The monoisotopic (exact) mass is 481 g/mol. The van der Waals surface area contributed by atoms with E-state index in [4.69, 9.17) is 14.2 Å². The summed E-state index contributed by atoms with van der Waals surface area (Å²) in [6.07, 6.45) is 7.09. The Morgan fingerprint density at radius 2 is 1.91 bits per heavy atom. The van der Waals surface area contributed by atoms with Crippen LogP contribution in [0.3, 0.4) is 0 Å². The van der Waals surface area contributed by atoms with E-state index in [0.29, 0.717) is 37.2 Å². The molecule has 1 N–H and O–H groups in total. The fourth-order valence-corrected chi connectivity index (χ4v) is 4.86. The predicted molar refractivity (Wildman–Crippen MR) is 131 cm³/mol. The topological polar surface area (TPSA) is 82.6 Å². The van der Waals surface area contributed by atoms with Crippen molar-refractivity contribution in [3.63, 3.8) is 0 Å². The molecule has 0 aliphatic heterocycles. The van der Waals surface area contributed by atoms with E-state index in [-0.39, 0.29) is 23.7 Å². The highest BCUT2D eigenvalue weighted by molar-refractivity contribution is 5.94. The van der Waals surface area contributed by atoms with Gasteiger partial charge in [0.05, 0.1) is 44.1 Å². The van der Waals surface area contributed by atoms with E-state index >= 15 is 0 Å². The summed E-state index contributed by atoms with van der Waals surface area (Å²) in [5, 5.41) is 4.05. The minimum Gasteiger partial charge on any atom is -0.481 e. The van der Waals surface area contributed by atoms with Crippen LogP contribution in [0.2, 0.25) is 0 Å². The number of amides is 1. The number of carbonyl (C=O) groups excluding carboxylic acids is 1. The molecule has 186 valence electrons. The standard InChI is InChI=1S/C27H32FN3O4/c1-33-13-14-35-17-25(31-27(32)20-7-10-26(34-2)30-16-20)19-5-3-18(4-6-19)22-11-12-29-24-9-8-21(28)15-23(22)24/h7-12,15-16,18-19,25H,3-6,13-14,17H2,1-2H3,(H,31,32)/t18?,19?,25-/m0/s1. The van der Waals surface area contributed by atoms with Gasteiger partial charge in [-0.3, -0.25) is 9.78 Å². The van der Waals surface area contributed by atoms with Crippen molar-refractivity contribution in [2.24, 2.45) is 5.92 Å². The van der Waals surface area contributed by atoms with Crippen LogP contribution in [0, 0.1) is 11.7 Å². The first-order chi connectivity index (χ1) is 17.1.